The minimum absolute atomic E-state index is 0.137. The number of hydrogen-bond acceptors (Lipinski definition) is 1. The summed E-state index contributed by atoms with van der Waals surface area (Å²) < 4.78 is 0. The third-order valence-electron chi connectivity index (χ3n) is 3.22. The fourth-order valence-corrected chi connectivity index (χ4v) is 1.87. The lowest BCUT2D eigenvalue weighted by Gasteiger charge is -2.22. The zero-order chi connectivity index (χ0) is 11.8. The minimum atomic E-state index is -0.137. The van der Waals surface area contributed by atoms with Crippen LogP contribution in [0.15, 0.2) is 23.0 Å². The van der Waals surface area contributed by atoms with Crippen LogP contribution in [0, 0.1) is 5.41 Å². The summed E-state index contributed by atoms with van der Waals surface area (Å²) >= 11 is 0. The van der Waals surface area contributed by atoms with Crippen LogP contribution < -0.4 is 5.69 Å². The van der Waals surface area contributed by atoms with Gasteiger partial charge >= 0.3 is 5.69 Å². The zero-order valence-electron chi connectivity index (χ0n) is 10.1. The van der Waals surface area contributed by atoms with Gasteiger partial charge in [0.05, 0.1) is 11.0 Å². The van der Waals surface area contributed by atoms with E-state index in [4.69, 9.17) is 0 Å². The summed E-state index contributed by atoms with van der Waals surface area (Å²) in [5.41, 5.74) is 3.22. The van der Waals surface area contributed by atoms with Gasteiger partial charge in [-0.2, -0.15) is 0 Å². The van der Waals surface area contributed by atoms with Crippen LogP contribution in [-0.2, 0) is 6.42 Å². The molecule has 0 unspecified atom stereocenters. The molecule has 1 aromatic carbocycles. The number of aromatic amines is 2. The number of nitrogens with one attached hydrogen (secondary N) is 2. The molecule has 0 radical (unpaired) electrons. The molecule has 3 nitrogen and oxygen atoms in total. The molecule has 0 atom stereocenters. The first-order valence-electron chi connectivity index (χ1n) is 5.71. The lowest BCUT2D eigenvalue weighted by Crippen LogP contribution is -2.13. The Balaban J connectivity index is 2.36. The van der Waals surface area contributed by atoms with Crippen LogP contribution in [0.4, 0.5) is 0 Å². The Morgan fingerprint density at radius 2 is 1.88 bits per heavy atom. The molecule has 0 amide bonds. The monoisotopic (exact) mass is 218 g/mol. The summed E-state index contributed by atoms with van der Waals surface area (Å²) in [4.78, 5) is 16.7. The molecule has 0 saturated carbocycles. The van der Waals surface area contributed by atoms with Crippen LogP contribution in [-0.4, -0.2) is 9.97 Å². The van der Waals surface area contributed by atoms with Crippen LogP contribution in [0.25, 0.3) is 11.0 Å². The van der Waals surface area contributed by atoms with E-state index in [9.17, 15) is 4.79 Å². The average Bonchev–Trinajstić information content (AvgIpc) is 2.57. The van der Waals surface area contributed by atoms with Crippen molar-refractivity contribution in [3.63, 3.8) is 0 Å². The fraction of sp³-hybridized carbons (Fsp3) is 0.462. The fourth-order valence-electron chi connectivity index (χ4n) is 1.87. The number of aromatic nitrogens is 2. The van der Waals surface area contributed by atoms with Crippen molar-refractivity contribution in [3.05, 3.63) is 34.2 Å². The van der Waals surface area contributed by atoms with Gasteiger partial charge < -0.3 is 9.97 Å². The second kappa shape index (κ2) is 3.81. The minimum Gasteiger partial charge on any atom is -0.306 e. The summed E-state index contributed by atoms with van der Waals surface area (Å²) in [7, 11) is 0. The predicted octanol–water partition coefficient (Wildman–Crippen LogP) is 2.83. The number of fused-ring (bicyclic) bond motifs is 1. The number of hydrogen-bond donors (Lipinski definition) is 2. The molecule has 3 heteroatoms. The van der Waals surface area contributed by atoms with Gasteiger partial charge in [-0.15, -0.1) is 0 Å². The summed E-state index contributed by atoms with van der Waals surface area (Å²) in [6, 6.07) is 6.11. The van der Waals surface area contributed by atoms with Crippen molar-refractivity contribution in [1.82, 2.24) is 9.97 Å². The summed E-state index contributed by atoms with van der Waals surface area (Å²) in [5, 5.41) is 0. The van der Waals surface area contributed by atoms with Crippen molar-refractivity contribution in [3.8, 4) is 0 Å². The van der Waals surface area contributed by atoms with E-state index < -0.39 is 0 Å². The van der Waals surface area contributed by atoms with E-state index in [1.165, 1.54) is 5.56 Å². The van der Waals surface area contributed by atoms with Gasteiger partial charge in [-0.05, 0) is 29.5 Å². The molecule has 2 rings (SSSR count). The Morgan fingerprint density at radius 3 is 2.56 bits per heavy atom. The number of rotatable bonds is 3. The van der Waals surface area contributed by atoms with Crippen molar-refractivity contribution in [2.24, 2.45) is 5.41 Å². The van der Waals surface area contributed by atoms with Gasteiger partial charge in [0.1, 0.15) is 0 Å². The topological polar surface area (TPSA) is 48.6 Å². The second-order valence-electron chi connectivity index (χ2n) is 5.15. The van der Waals surface area contributed by atoms with Crippen LogP contribution in [0.2, 0.25) is 0 Å². The quantitative estimate of drug-likeness (QED) is 0.817. The molecule has 0 bridgehead atoms. The van der Waals surface area contributed by atoms with Gasteiger partial charge in [0.25, 0.3) is 0 Å². The van der Waals surface area contributed by atoms with Gasteiger partial charge in [0.15, 0.2) is 0 Å². The standard InChI is InChI=1S/C13H18N2O/c1-4-13(2,3)8-9-5-6-10-11(7-9)15-12(16)14-10/h5-7H,4,8H2,1-3H3,(H2,14,15,16). The number of H-pyrrole nitrogens is 2. The highest BCUT2D eigenvalue weighted by Crippen LogP contribution is 2.26. The molecule has 1 heterocycles. The number of imidazole rings is 1. The van der Waals surface area contributed by atoms with Gasteiger partial charge in [0, 0.05) is 0 Å². The first-order valence-corrected chi connectivity index (χ1v) is 5.71. The van der Waals surface area contributed by atoms with E-state index in [2.05, 4.69) is 42.9 Å². The zero-order valence-corrected chi connectivity index (χ0v) is 10.1. The average molecular weight is 218 g/mol. The molecule has 0 spiro atoms. The Hall–Kier alpha value is -1.51. The molecule has 0 saturated heterocycles. The highest BCUT2D eigenvalue weighted by Gasteiger charge is 2.15. The Morgan fingerprint density at radius 1 is 1.19 bits per heavy atom. The normalized spacial score (nSPS) is 12.2. The SMILES string of the molecule is CCC(C)(C)Cc1ccc2[nH]c(=O)[nH]c2c1. The van der Waals surface area contributed by atoms with Crippen molar-refractivity contribution in [2.45, 2.75) is 33.6 Å². The molecular formula is C13H18N2O. The molecule has 0 aliphatic carbocycles. The molecular weight excluding hydrogens is 200 g/mol. The third-order valence-corrected chi connectivity index (χ3v) is 3.22. The molecule has 0 aliphatic heterocycles. The summed E-state index contributed by atoms with van der Waals surface area (Å²) in [6.07, 6.45) is 2.18. The maximum Gasteiger partial charge on any atom is 0.323 e. The maximum atomic E-state index is 11.1. The summed E-state index contributed by atoms with van der Waals surface area (Å²) in [5.74, 6) is 0. The highest BCUT2D eigenvalue weighted by atomic mass is 16.1. The highest BCUT2D eigenvalue weighted by molar-refractivity contribution is 5.75. The predicted molar refractivity (Wildman–Crippen MR) is 66.7 cm³/mol. The van der Waals surface area contributed by atoms with E-state index in [1.807, 2.05) is 6.07 Å². The van der Waals surface area contributed by atoms with Gasteiger partial charge in [-0.3, -0.25) is 0 Å². The molecule has 1 aromatic heterocycles. The Bertz CT molecular complexity index is 548. The van der Waals surface area contributed by atoms with Gasteiger partial charge in [0.2, 0.25) is 0 Å². The maximum absolute atomic E-state index is 11.1. The van der Waals surface area contributed by atoms with E-state index >= 15 is 0 Å². The molecule has 2 N–H and O–H groups in total. The first kappa shape index (κ1) is 11.0. The lowest BCUT2D eigenvalue weighted by molar-refractivity contribution is 0.349. The van der Waals surface area contributed by atoms with Crippen LogP contribution in [0.5, 0.6) is 0 Å². The molecule has 2 aromatic rings. The van der Waals surface area contributed by atoms with Crippen molar-refractivity contribution in [2.75, 3.05) is 0 Å². The molecule has 16 heavy (non-hydrogen) atoms. The van der Waals surface area contributed by atoms with Crippen molar-refractivity contribution in [1.29, 1.82) is 0 Å². The van der Waals surface area contributed by atoms with Gasteiger partial charge in [-0.1, -0.05) is 33.3 Å². The Labute approximate surface area is 94.9 Å². The second-order valence-corrected chi connectivity index (χ2v) is 5.15. The largest absolute Gasteiger partial charge is 0.323 e. The van der Waals surface area contributed by atoms with Crippen LogP contribution in [0.1, 0.15) is 32.8 Å². The smallest absolute Gasteiger partial charge is 0.306 e. The van der Waals surface area contributed by atoms with E-state index in [-0.39, 0.29) is 5.69 Å². The lowest BCUT2D eigenvalue weighted by atomic mass is 9.83. The molecule has 86 valence electrons. The molecule has 0 aliphatic rings. The van der Waals surface area contributed by atoms with Crippen molar-refractivity contribution < 1.29 is 0 Å². The van der Waals surface area contributed by atoms with E-state index in [0.29, 0.717) is 5.41 Å². The Kier molecular flexibility index (Phi) is 2.62. The van der Waals surface area contributed by atoms with E-state index in [1.54, 1.807) is 0 Å². The van der Waals surface area contributed by atoms with Crippen molar-refractivity contribution >= 4 is 11.0 Å². The number of benzene rings is 1. The van der Waals surface area contributed by atoms with Gasteiger partial charge in [-0.25, -0.2) is 4.79 Å². The first-order chi connectivity index (χ1) is 7.50. The third kappa shape index (κ3) is 2.18. The molecule has 0 fully saturated rings. The van der Waals surface area contributed by atoms with Crippen LogP contribution >= 0.6 is 0 Å². The van der Waals surface area contributed by atoms with E-state index in [0.717, 1.165) is 23.9 Å². The summed E-state index contributed by atoms with van der Waals surface area (Å²) in [6.45, 7) is 6.73. The van der Waals surface area contributed by atoms with Crippen LogP contribution in [0.3, 0.4) is 0 Å².